The summed E-state index contributed by atoms with van der Waals surface area (Å²) in [5.74, 6) is -0.378. The Morgan fingerprint density at radius 3 is 2.61 bits per heavy atom. The van der Waals surface area contributed by atoms with Crippen LogP contribution in [-0.2, 0) is 4.79 Å². The minimum Gasteiger partial charge on any atom is -0.389 e. The van der Waals surface area contributed by atoms with Crippen molar-refractivity contribution in [2.24, 2.45) is 5.73 Å². The molecule has 4 nitrogen and oxygen atoms in total. The van der Waals surface area contributed by atoms with Crippen molar-refractivity contribution in [3.05, 3.63) is 41.0 Å². The summed E-state index contributed by atoms with van der Waals surface area (Å²) in [6.45, 7) is 1.43. The van der Waals surface area contributed by atoms with Gasteiger partial charge in [0.1, 0.15) is 6.61 Å². The highest BCUT2D eigenvalue weighted by Gasteiger charge is 2.14. The smallest absolute Gasteiger partial charge is 0.179 e. The number of aliphatic hydroxyl groups is 1. The van der Waals surface area contributed by atoms with Gasteiger partial charge in [-0.2, -0.15) is 0 Å². The van der Waals surface area contributed by atoms with E-state index >= 15 is 0 Å². The van der Waals surface area contributed by atoms with Gasteiger partial charge in [-0.25, -0.2) is 4.98 Å². The van der Waals surface area contributed by atoms with Crippen molar-refractivity contribution in [1.82, 2.24) is 4.98 Å². The highest BCUT2D eigenvalue weighted by atomic mass is 32.1. The molecule has 1 atom stereocenters. The third-order valence-corrected chi connectivity index (χ3v) is 3.76. The van der Waals surface area contributed by atoms with Gasteiger partial charge in [0, 0.05) is 0 Å². The van der Waals surface area contributed by atoms with E-state index in [-0.39, 0.29) is 5.78 Å². The second-order valence-corrected chi connectivity index (χ2v) is 4.85. The first-order chi connectivity index (χ1) is 8.63. The maximum absolute atomic E-state index is 11.3. The standard InChI is InChI=1S/C13H14N2O2S/c1-8-13(18-7-15-8)10-4-2-9(3-5-10)12(14)11(17)6-16/h2-5,7,12,16H,6,14H2,1H3/t12-/m0/s1. The zero-order valence-electron chi connectivity index (χ0n) is 9.96. The number of hydrogen-bond donors (Lipinski definition) is 2. The van der Waals surface area contributed by atoms with Gasteiger partial charge in [0.05, 0.1) is 22.1 Å². The molecule has 2 rings (SSSR count). The molecule has 0 spiro atoms. The first-order valence-corrected chi connectivity index (χ1v) is 6.41. The van der Waals surface area contributed by atoms with E-state index in [0.717, 1.165) is 16.1 Å². The van der Waals surface area contributed by atoms with Crippen molar-refractivity contribution < 1.29 is 9.90 Å². The number of hydrogen-bond acceptors (Lipinski definition) is 5. The number of aryl methyl sites for hydroxylation is 1. The largest absolute Gasteiger partial charge is 0.389 e. The SMILES string of the molecule is Cc1ncsc1-c1ccc([C@H](N)C(=O)CO)cc1. The van der Waals surface area contributed by atoms with Gasteiger partial charge in [0.15, 0.2) is 5.78 Å². The monoisotopic (exact) mass is 262 g/mol. The molecule has 0 aliphatic carbocycles. The van der Waals surface area contributed by atoms with Gasteiger partial charge in [-0.3, -0.25) is 4.79 Å². The number of nitrogens with two attached hydrogens (primary N) is 1. The Morgan fingerprint density at radius 2 is 2.11 bits per heavy atom. The Kier molecular flexibility index (Phi) is 3.86. The zero-order valence-corrected chi connectivity index (χ0v) is 10.8. The van der Waals surface area contributed by atoms with Crippen molar-refractivity contribution in [2.45, 2.75) is 13.0 Å². The molecule has 0 aliphatic heterocycles. The summed E-state index contributed by atoms with van der Waals surface area (Å²) in [5, 5.41) is 8.77. The van der Waals surface area contributed by atoms with Crippen LogP contribution in [0.4, 0.5) is 0 Å². The predicted molar refractivity (Wildman–Crippen MR) is 71.3 cm³/mol. The average molecular weight is 262 g/mol. The summed E-state index contributed by atoms with van der Waals surface area (Å²) in [4.78, 5) is 16.6. The van der Waals surface area contributed by atoms with Crippen molar-refractivity contribution in [2.75, 3.05) is 6.61 Å². The lowest BCUT2D eigenvalue weighted by Gasteiger charge is -2.09. The van der Waals surface area contributed by atoms with Crippen LogP contribution in [0.3, 0.4) is 0 Å². The highest BCUT2D eigenvalue weighted by molar-refractivity contribution is 7.13. The first-order valence-electron chi connectivity index (χ1n) is 5.53. The maximum atomic E-state index is 11.3. The highest BCUT2D eigenvalue weighted by Crippen LogP contribution is 2.27. The Morgan fingerprint density at radius 1 is 1.44 bits per heavy atom. The minimum atomic E-state index is -0.758. The Bertz CT molecular complexity index is 548. The number of rotatable bonds is 4. The Balaban J connectivity index is 2.26. The molecular weight excluding hydrogens is 248 g/mol. The number of Topliss-reactive ketones (excluding diaryl/α,β-unsaturated/α-hetero) is 1. The molecule has 3 N–H and O–H groups in total. The van der Waals surface area contributed by atoms with Crippen LogP contribution in [-0.4, -0.2) is 22.5 Å². The molecule has 0 amide bonds. The lowest BCUT2D eigenvalue weighted by molar-refractivity contribution is -0.123. The summed E-state index contributed by atoms with van der Waals surface area (Å²) in [6.07, 6.45) is 0. The van der Waals surface area contributed by atoms with Gasteiger partial charge >= 0.3 is 0 Å². The van der Waals surface area contributed by atoms with E-state index in [0.29, 0.717) is 5.56 Å². The molecule has 0 unspecified atom stereocenters. The number of ketones is 1. The fourth-order valence-electron chi connectivity index (χ4n) is 1.71. The van der Waals surface area contributed by atoms with Crippen LogP contribution in [0.15, 0.2) is 29.8 Å². The third-order valence-electron chi connectivity index (χ3n) is 2.78. The number of aromatic nitrogens is 1. The third kappa shape index (κ3) is 2.48. The molecule has 0 radical (unpaired) electrons. The van der Waals surface area contributed by atoms with Crippen LogP contribution in [0.2, 0.25) is 0 Å². The molecule has 0 aliphatic rings. The quantitative estimate of drug-likeness (QED) is 0.879. The number of thiazole rings is 1. The Hall–Kier alpha value is -1.56. The number of aliphatic hydroxyl groups excluding tert-OH is 1. The van der Waals surface area contributed by atoms with Crippen molar-refractivity contribution in [3.63, 3.8) is 0 Å². The summed E-state index contributed by atoms with van der Waals surface area (Å²) in [7, 11) is 0. The lowest BCUT2D eigenvalue weighted by Crippen LogP contribution is -2.23. The fourth-order valence-corrected chi connectivity index (χ4v) is 2.52. The average Bonchev–Trinajstić information content (AvgIpc) is 2.83. The summed E-state index contributed by atoms with van der Waals surface area (Å²) in [6, 6.07) is 6.70. The summed E-state index contributed by atoms with van der Waals surface area (Å²) in [5.41, 5.74) is 10.3. The topological polar surface area (TPSA) is 76.2 Å². The molecule has 1 heterocycles. The number of carbonyl (C=O) groups excluding carboxylic acids is 1. The zero-order chi connectivity index (χ0) is 13.1. The molecule has 94 valence electrons. The van der Waals surface area contributed by atoms with Crippen molar-refractivity contribution in [3.8, 4) is 10.4 Å². The van der Waals surface area contributed by atoms with E-state index in [9.17, 15) is 4.79 Å². The second-order valence-electron chi connectivity index (χ2n) is 3.99. The fraction of sp³-hybridized carbons (Fsp3) is 0.231. The van der Waals surface area contributed by atoms with E-state index in [1.54, 1.807) is 16.8 Å². The normalized spacial score (nSPS) is 12.4. The van der Waals surface area contributed by atoms with E-state index in [1.165, 1.54) is 0 Å². The van der Waals surface area contributed by atoms with E-state index in [2.05, 4.69) is 4.98 Å². The number of carbonyl (C=O) groups is 1. The lowest BCUT2D eigenvalue weighted by atomic mass is 10.0. The van der Waals surface area contributed by atoms with Gasteiger partial charge in [-0.1, -0.05) is 24.3 Å². The van der Waals surface area contributed by atoms with E-state index in [1.807, 2.05) is 31.2 Å². The van der Waals surface area contributed by atoms with Gasteiger partial charge in [0.25, 0.3) is 0 Å². The van der Waals surface area contributed by atoms with Crippen molar-refractivity contribution >= 4 is 17.1 Å². The molecule has 0 saturated heterocycles. The van der Waals surface area contributed by atoms with Crippen LogP contribution in [0.1, 0.15) is 17.3 Å². The predicted octanol–water partition coefficient (Wildman–Crippen LogP) is 1.68. The molecule has 0 fully saturated rings. The molecule has 18 heavy (non-hydrogen) atoms. The van der Waals surface area contributed by atoms with Crippen LogP contribution < -0.4 is 5.73 Å². The van der Waals surface area contributed by atoms with Crippen LogP contribution in [0.25, 0.3) is 10.4 Å². The molecule has 0 bridgehead atoms. The molecular formula is C13H14N2O2S. The van der Waals surface area contributed by atoms with E-state index < -0.39 is 12.6 Å². The van der Waals surface area contributed by atoms with Gasteiger partial charge < -0.3 is 10.8 Å². The molecule has 0 saturated carbocycles. The first kappa shape index (κ1) is 12.9. The maximum Gasteiger partial charge on any atom is 0.179 e. The minimum absolute atomic E-state index is 0.378. The van der Waals surface area contributed by atoms with Crippen molar-refractivity contribution in [1.29, 1.82) is 0 Å². The number of benzene rings is 1. The molecule has 1 aromatic carbocycles. The van der Waals surface area contributed by atoms with Crippen LogP contribution in [0.5, 0.6) is 0 Å². The van der Waals surface area contributed by atoms with Gasteiger partial charge in [0.2, 0.25) is 0 Å². The van der Waals surface area contributed by atoms with Crippen LogP contribution >= 0.6 is 11.3 Å². The second kappa shape index (κ2) is 5.39. The number of nitrogens with zero attached hydrogens (tertiary/aromatic N) is 1. The summed E-state index contributed by atoms with van der Waals surface area (Å²) >= 11 is 1.58. The van der Waals surface area contributed by atoms with E-state index in [4.69, 9.17) is 10.8 Å². The molecule has 5 heteroatoms. The van der Waals surface area contributed by atoms with Crippen LogP contribution in [0, 0.1) is 6.92 Å². The Labute approximate surface area is 109 Å². The van der Waals surface area contributed by atoms with Gasteiger partial charge in [-0.15, -0.1) is 11.3 Å². The van der Waals surface area contributed by atoms with Gasteiger partial charge in [-0.05, 0) is 18.1 Å². The summed E-state index contributed by atoms with van der Waals surface area (Å²) < 4.78 is 0. The molecule has 1 aromatic heterocycles. The molecule has 2 aromatic rings.